The van der Waals surface area contributed by atoms with Crippen LogP contribution in [0.25, 0.3) is 0 Å². The van der Waals surface area contributed by atoms with Gasteiger partial charge in [0, 0.05) is 18.6 Å². The maximum atomic E-state index is 12.3. The highest BCUT2D eigenvalue weighted by Crippen LogP contribution is 2.18. The van der Waals surface area contributed by atoms with E-state index in [9.17, 15) is 9.59 Å². The van der Waals surface area contributed by atoms with Crippen molar-refractivity contribution in [3.8, 4) is 0 Å². The third-order valence-corrected chi connectivity index (χ3v) is 4.13. The maximum Gasteiger partial charge on any atom is 0.247 e. The molecule has 5 heteroatoms. The Morgan fingerprint density at radius 3 is 2.35 bits per heavy atom. The molecule has 0 saturated carbocycles. The zero-order valence-electron chi connectivity index (χ0n) is 13.5. The lowest BCUT2D eigenvalue weighted by molar-refractivity contribution is -0.141. The summed E-state index contributed by atoms with van der Waals surface area (Å²) < 4.78 is 0. The number of nitrogens with one attached hydrogen (secondary N) is 1. The van der Waals surface area contributed by atoms with E-state index < -0.39 is 0 Å². The van der Waals surface area contributed by atoms with Gasteiger partial charge in [-0.15, -0.1) is 0 Å². The number of nitrogens with zero attached hydrogens (tertiary/aromatic N) is 2. The van der Waals surface area contributed by atoms with E-state index >= 15 is 0 Å². The second-order valence-electron chi connectivity index (χ2n) is 5.67. The third-order valence-electron chi connectivity index (χ3n) is 4.13. The van der Waals surface area contributed by atoms with Crippen LogP contribution in [-0.2, 0) is 9.59 Å². The van der Waals surface area contributed by atoms with Crippen LogP contribution in [0.4, 0.5) is 0 Å². The van der Waals surface area contributed by atoms with Gasteiger partial charge in [0.25, 0.3) is 0 Å². The van der Waals surface area contributed by atoms with Crippen LogP contribution in [0.2, 0.25) is 0 Å². The molecule has 1 fully saturated rings. The highest BCUT2D eigenvalue weighted by Gasteiger charge is 2.40. The Balaban J connectivity index is 2.57. The Morgan fingerprint density at radius 2 is 1.85 bits per heavy atom. The van der Waals surface area contributed by atoms with Crippen molar-refractivity contribution in [2.75, 3.05) is 19.6 Å². The average Bonchev–Trinajstić information content (AvgIpc) is 2.70. The number of amides is 2. The lowest BCUT2D eigenvalue weighted by atomic mass is 10.2. The highest BCUT2D eigenvalue weighted by molar-refractivity contribution is 6.05. The number of hydrogen-bond donors (Lipinski definition) is 1. The van der Waals surface area contributed by atoms with Crippen molar-refractivity contribution in [1.29, 1.82) is 0 Å². The molecule has 1 N–H and O–H groups in total. The van der Waals surface area contributed by atoms with Crippen molar-refractivity contribution >= 4 is 11.8 Å². The van der Waals surface area contributed by atoms with E-state index in [2.05, 4.69) is 31.0 Å². The normalized spacial score (nSPS) is 22.7. The third kappa shape index (κ3) is 4.03. The van der Waals surface area contributed by atoms with Crippen LogP contribution in [0.15, 0.2) is 0 Å². The fourth-order valence-corrected chi connectivity index (χ4v) is 2.69. The summed E-state index contributed by atoms with van der Waals surface area (Å²) in [7, 11) is 0. The first-order chi connectivity index (χ1) is 9.44. The molecule has 1 heterocycles. The van der Waals surface area contributed by atoms with Crippen molar-refractivity contribution in [2.45, 2.75) is 65.6 Å². The number of likely N-dealkylation sites (N-methyl/N-ethyl adjacent to an activating group) is 1. The predicted octanol–water partition coefficient (Wildman–Crippen LogP) is 1.23. The minimum atomic E-state index is -0.345. The molecule has 0 bridgehead atoms. The van der Waals surface area contributed by atoms with Gasteiger partial charge in [0.05, 0.1) is 12.5 Å². The zero-order chi connectivity index (χ0) is 15.3. The Kier molecular flexibility index (Phi) is 6.62. The second kappa shape index (κ2) is 7.74. The molecule has 0 aromatic rings. The van der Waals surface area contributed by atoms with Crippen molar-refractivity contribution in [3.63, 3.8) is 0 Å². The van der Waals surface area contributed by atoms with Crippen LogP contribution in [0.1, 0.15) is 47.5 Å². The van der Waals surface area contributed by atoms with Crippen molar-refractivity contribution in [1.82, 2.24) is 15.1 Å². The van der Waals surface area contributed by atoms with E-state index in [0.717, 1.165) is 26.1 Å². The summed E-state index contributed by atoms with van der Waals surface area (Å²) in [6.07, 6.45) is 1.10. The number of hydrogen-bond acceptors (Lipinski definition) is 4. The van der Waals surface area contributed by atoms with Gasteiger partial charge in [-0.05, 0) is 33.4 Å². The molecule has 1 aliphatic heterocycles. The molecule has 1 rings (SSSR count). The summed E-state index contributed by atoms with van der Waals surface area (Å²) in [5.41, 5.74) is 0. The number of likely N-dealkylation sites (tertiary alicyclic amines) is 1. The molecule has 116 valence electrons. The van der Waals surface area contributed by atoms with Gasteiger partial charge in [-0.2, -0.15) is 0 Å². The van der Waals surface area contributed by atoms with Crippen molar-refractivity contribution in [3.05, 3.63) is 0 Å². The first kappa shape index (κ1) is 17.1. The minimum Gasteiger partial charge on any atom is -0.302 e. The SMILES string of the molecule is CCC(C)N1C(=O)CC(NC(C)CN(CC)CC)C1=O. The first-order valence-electron chi connectivity index (χ1n) is 7.78. The van der Waals surface area contributed by atoms with E-state index in [0.29, 0.717) is 6.42 Å². The Labute approximate surface area is 122 Å². The standard InChI is InChI=1S/C15H29N3O2/c1-6-12(5)18-14(19)9-13(15(18)20)16-11(4)10-17(7-2)8-3/h11-13,16H,6-10H2,1-5H3. The summed E-state index contributed by atoms with van der Waals surface area (Å²) in [5, 5.41) is 3.31. The van der Waals surface area contributed by atoms with E-state index in [1.165, 1.54) is 4.90 Å². The van der Waals surface area contributed by atoms with E-state index in [-0.39, 0.29) is 29.9 Å². The number of imide groups is 1. The van der Waals surface area contributed by atoms with Crippen molar-refractivity contribution < 1.29 is 9.59 Å². The van der Waals surface area contributed by atoms with Crippen LogP contribution in [0.3, 0.4) is 0 Å². The lowest BCUT2D eigenvalue weighted by Crippen LogP contribution is -2.48. The van der Waals surface area contributed by atoms with Gasteiger partial charge in [-0.3, -0.25) is 14.5 Å². The zero-order valence-corrected chi connectivity index (χ0v) is 13.5. The molecule has 5 nitrogen and oxygen atoms in total. The fraction of sp³-hybridized carbons (Fsp3) is 0.867. The van der Waals surface area contributed by atoms with E-state index in [1.54, 1.807) is 0 Å². The van der Waals surface area contributed by atoms with Gasteiger partial charge in [-0.25, -0.2) is 0 Å². The van der Waals surface area contributed by atoms with Gasteiger partial charge in [-0.1, -0.05) is 20.8 Å². The fourth-order valence-electron chi connectivity index (χ4n) is 2.69. The largest absolute Gasteiger partial charge is 0.302 e. The number of rotatable bonds is 8. The molecule has 0 aliphatic carbocycles. The summed E-state index contributed by atoms with van der Waals surface area (Å²) in [4.78, 5) is 28.0. The molecule has 20 heavy (non-hydrogen) atoms. The lowest BCUT2D eigenvalue weighted by Gasteiger charge is -2.26. The Bertz CT molecular complexity index is 342. The molecule has 2 amide bonds. The van der Waals surface area contributed by atoms with E-state index in [4.69, 9.17) is 0 Å². The van der Waals surface area contributed by atoms with Crippen molar-refractivity contribution in [2.24, 2.45) is 0 Å². The van der Waals surface area contributed by atoms with Gasteiger partial charge in [0.1, 0.15) is 0 Å². The van der Waals surface area contributed by atoms with Crippen LogP contribution in [0, 0.1) is 0 Å². The highest BCUT2D eigenvalue weighted by atomic mass is 16.2. The first-order valence-corrected chi connectivity index (χ1v) is 7.78. The monoisotopic (exact) mass is 283 g/mol. The summed E-state index contributed by atoms with van der Waals surface area (Å²) in [5.74, 6) is -0.104. The Hall–Kier alpha value is -0.940. The predicted molar refractivity (Wildman–Crippen MR) is 80.4 cm³/mol. The molecule has 1 aliphatic rings. The van der Waals surface area contributed by atoms with Gasteiger partial charge >= 0.3 is 0 Å². The van der Waals surface area contributed by atoms with Crippen LogP contribution in [0.5, 0.6) is 0 Å². The Morgan fingerprint density at radius 1 is 1.25 bits per heavy atom. The molecule has 0 aromatic carbocycles. The molecular formula is C15H29N3O2. The van der Waals surface area contributed by atoms with E-state index in [1.807, 2.05) is 13.8 Å². The smallest absolute Gasteiger partial charge is 0.247 e. The number of carbonyl (C=O) groups is 2. The topological polar surface area (TPSA) is 52.7 Å². The summed E-state index contributed by atoms with van der Waals surface area (Å²) in [6.45, 7) is 13.1. The average molecular weight is 283 g/mol. The molecular weight excluding hydrogens is 254 g/mol. The quantitative estimate of drug-likeness (QED) is 0.681. The van der Waals surface area contributed by atoms with Crippen LogP contribution in [-0.4, -0.2) is 59.4 Å². The molecule has 3 atom stereocenters. The van der Waals surface area contributed by atoms with Gasteiger partial charge < -0.3 is 10.2 Å². The summed E-state index contributed by atoms with van der Waals surface area (Å²) in [6, 6.07) is -0.143. The van der Waals surface area contributed by atoms with Crippen LogP contribution < -0.4 is 5.32 Å². The van der Waals surface area contributed by atoms with Gasteiger partial charge in [0.15, 0.2) is 0 Å². The summed E-state index contributed by atoms with van der Waals surface area (Å²) >= 11 is 0. The molecule has 1 saturated heterocycles. The molecule has 0 spiro atoms. The second-order valence-corrected chi connectivity index (χ2v) is 5.67. The minimum absolute atomic E-state index is 0.000104. The molecule has 0 aromatic heterocycles. The van der Waals surface area contributed by atoms with Crippen LogP contribution >= 0.6 is 0 Å². The number of carbonyl (C=O) groups excluding carboxylic acids is 2. The van der Waals surface area contributed by atoms with Gasteiger partial charge in [0.2, 0.25) is 11.8 Å². The molecule has 0 radical (unpaired) electrons. The maximum absolute atomic E-state index is 12.3. The molecule has 3 unspecified atom stereocenters.